The molecule has 2 aliphatic carbocycles. The van der Waals surface area contributed by atoms with E-state index in [-0.39, 0.29) is 5.60 Å². The predicted octanol–water partition coefficient (Wildman–Crippen LogP) is 2.88. The van der Waals surface area contributed by atoms with Crippen LogP contribution in [0.5, 0.6) is 0 Å². The smallest absolute Gasteiger partial charge is 0.0694 e. The number of allylic oxidation sites excluding steroid dienone is 2. The summed E-state index contributed by atoms with van der Waals surface area (Å²) in [5.74, 6) is 1.50. The Morgan fingerprint density at radius 2 is 2.06 bits per heavy atom. The Morgan fingerprint density at radius 1 is 1.31 bits per heavy atom. The molecule has 0 aromatic carbocycles. The Balaban J connectivity index is 1.79. The summed E-state index contributed by atoms with van der Waals surface area (Å²) in [4.78, 5) is 0. The van der Waals surface area contributed by atoms with Gasteiger partial charge in [0.25, 0.3) is 0 Å². The van der Waals surface area contributed by atoms with Crippen LogP contribution in [0.1, 0.15) is 45.4 Å². The lowest BCUT2D eigenvalue weighted by atomic mass is 9.77. The first-order valence-corrected chi connectivity index (χ1v) is 6.75. The van der Waals surface area contributed by atoms with Gasteiger partial charge in [0.2, 0.25) is 0 Å². The Hall–Kier alpha value is -0.340. The second-order valence-corrected chi connectivity index (χ2v) is 5.57. The van der Waals surface area contributed by atoms with Crippen molar-refractivity contribution in [2.45, 2.75) is 51.0 Å². The summed E-state index contributed by atoms with van der Waals surface area (Å²) in [5.41, 5.74) is 5.83. The average Bonchev–Trinajstić information content (AvgIpc) is 2.24. The third-order valence-electron chi connectivity index (χ3n) is 4.39. The summed E-state index contributed by atoms with van der Waals surface area (Å²) >= 11 is 0. The number of hydrogen-bond acceptors (Lipinski definition) is 2. The first-order valence-electron chi connectivity index (χ1n) is 6.75. The molecule has 0 amide bonds. The van der Waals surface area contributed by atoms with E-state index >= 15 is 0 Å². The van der Waals surface area contributed by atoms with Gasteiger partial charge in [-0.15, -0.1) is 0 Å². The van der Waals surface area contributed by atoms with Gasteiger partial charge in [0.1, 0.15) is 0 Å². The lowest BCUT2D eigenvalue weighted by Crippen LogP contribution is -2.43. The van der Waals surface area contributed by atoms with E-state index in [0.29, 0.717) is 0 Å². The van der Waals surface area contributed by atoms with E-state index in [1.54, 1.807) is 0 Å². The topological polar surface area (TPSA) is 35.2 Å². The van der Waals surface area contributed by atoms with Gasteiger partial charge in [0, 0.05) is 0 Å². The quantitative estimate of drug-likeness (QED) is 0.727. The van der Waals surface area contributed by atoms with Crippen molar-refractivity contribution < 1.29 is 4.74 Å². The Bertz CT molecular complexity index is 245. The lowest BCUT2D eigenvalue weighted by molar-refractivity contribution is -0.119. The van der Waals surface area contributed by atoms with Gasteiger partial charge < -0.3 is 10.5 Å². The van der Waals surface area contributed by atoms with Crippen LogP contribution in [-0.2, 0) is 4.74 Å². The van der Waals surface area contributed by atoms with E-state index < -0.39 is 0 Å². The molecule has 2 aliphatic rings. The van der Waals surface area contributed by atoms with E-state index in [1.807, 2.05) is 0 Å². The molecule has 2 rings (SSSR count). The first kappa shape index (κ1) is 12.1. The summed E-state index contributed by atoms with van der Waals surface area (Å²) in [6.07, 6.45) is 11.8. The molecule has 0 heterocycles. The van der Waals surface area contributed by atoms with Crippen molar-refractivity contribution in [3.8, 4) is 0 Å². The van der Waals surface area contributed by atoms with Crippen LogP contribution in [0.3, 0.4) is 0 Å². The summed E-state index contributed by atoms with van der Waals surface area (Å²) in [6.45, 7) is 4.04. The minimum absolute atomic E-state index is 0.162. The van der Waals surface area contributed by atoms with Gasteiger partial charge in [-0.05, 0) is 56.9 Å². The van der Waals surface area contributed by atoms with Gasteiger partial charge in [-0.25, -0.2) is 0 Å². The molecule has 0 aromatic heterocycles. The van der Waals surface area contributed by atoms with E-state index in [9.17, 15) is 0 Å². The minimum atomic E-state index is 0.162. The van der Waals surface area contributed by atoms with Crippen LogP contribution >= 0.6 is 0 Å². The standard InChI is InChI=1S/C14H25NO/c1-12-5-2-3-6-13(12)11-16-14(9-10-15)7-4-8-14/h2-3,12-13H,4-11,15H2,1H3. The zero-order valence-corrected chi connectivity index (χ0v) is 10.5. The maximum Gasteiger partial charge on any atom is 0.0694 e. The fraction of sp³-hybridized carbons (Fsp3) is 0.857. The van der Waals surface area contributed by atoms with Gasteiger partial charge in [0.05, 0.1) is 12.2 Å². The number of rotatable bonds is 5. The Morgan fingerprint density at radius 3 is 2.62 bits per heavy atom. The zero-order valence-electron chi connectivity index (χ0n) is 10.5. The normalized spacial score (nSPS) is 32.4. The van der Waals surface area contributed by atoms with Gasteiger partial charge >= 0.3 is 0 Å². The maximum absolute atomic E-state index is 6.20. The Labute approximate surface area is 99.2 Å². The summed E-state index contributed by atoms with van der Waals surface area (Å²) in [7, 11) is 0. The van der Waals surface area contributed by atoms with Crippen molar-refractivity contribution in [2.75, 3.05) is 13.2 Å². The van der Waals surface area contributed by atoms with Crippen molar-refractivity contribution in [2.24, 2.45) is 17.6 Å². The largest absolute Gasteiger partial charge is 0.375 e. The van der Waals surface area contributed by atoms with Gasteiger partial charge in [0.15, 0.2) is 0 Å². The first-order chi connectivity index (χ1) is 7.76. The van der Waals surface area contributed by atoms with Crippen molar-refractivity contribution in [1.82, 2.24) is 0 Å². The average molecular weight is 223 g/mol. The van der Waals surface area contributed by atoms with Crippen molar-refractivity contribution in [1.29, 1.82) is 0 Å². The lowest BCUT2D eigenvalue weighted by Gasteiger charge is -2.43. The molecule has 0 spiro atoms. The molecule has 2 heteroatoms. The summed E-state index contributed by atoms with van der Waals surface area (Å²) in [5, 5.41) is 0. The van der Waals surface area contributed by atoms with Gasteiger partial charge in [-0.1, -0.05) is 19.1 Å². The number of hydrogen-bond donors (Lipinski definition) is 1. The van der Waals surface area contributed by atoms with Crippen LogP contribution in [0, 0.1) is 11.8 Å². The summed E-state index contributed by atoms with van der Waals surface area (Å²) < 4.78 is 6.20. The van der Waals surface area contributed by atoms with Crippen molar-refractivity contribution in [3.05, 3.63) is 12.2 Å². The van der Waals surface area contributed by atoms with Crippen LogP contribution in [0.2, 0.25) is 0 Å². The molecule has 0 aliphatic heterocycles. The van der Waals surface area contributed by atoms with Crippen LogP contribution in [0.4, 0.5) is 0 Å². The van der Waals surface area contributed by atoms with Crippen molar-refractivity contribution in [3.63, 3.8) is 0 Å². The summed E-state index contributed by atoms with van der Waals surface area (Å²) in [6, 6.07) is 0. The SMILES string of the molecule is CC1CC=CCC1COC1(CCN)CCC1. The van der Waals surface area contributed by atoms with Crippen LogP contribution in [-0.4, -0.2) is 18.8 Å². The second kappa shape index (κ2) is 5.33. The monoisotopic (exact) mass is 223 g/mol. The predicted molar refractivity (Wildman–Crippen MR) is 67.2 cm³/mol. The third kappa shape index (κ3) is 2.67. The third-order valence-corrected chi connectivity index (χ3v) is 4.39. The molecule has 0 radical (unpaired) electrons. The van der Waals surface area contributed by atoms with Gasteiger partial charge in [-0.2, -0.15) is 0 Å². The molecule has 0 aromatic rings. The van der Waals surface area contributed by atoms with E-state index in [2.05, 4.69) is 19.1 Å². The van der Waals surface area contributed by atoms with Crippen molar-refractivity contribution >= 4 is 0 Å². The fourth-order valence-electron chi connectivity index (χ4n) is 2.82. The highest BCUT2D eigenvalue weighted by atomic mass is 16.5. The molecule has 16 heavy (non-hydrogen) atoms. The molecule has 0 bridgehead atoms. The van der Waals surface area contributed by atoms with E-state index in [4.69, 9.17) is 10.5 Å². The molecule has 1 saturated carbocycles. The van der Waals surface area contributed by atoms with E-state index in [1.165, 1.54) is 32.1 Å². The second-order valence-electron chi connectivity index (χ2n) is 5.57. The molecular weight excluding hydrogens is 198 g/mol. The molecule has 2 atom stereocenters. The minimum Gasteiger partial charge on any atom is -0.375 e. The molecular formula is C14H25NO. The molecule has 0 saturated heterocycles. The van der Waals surface area contributed by atoms with Crippen LogP contribution in [0.15, 0.2) is 12.2 Å². The highest BCUT2D eigenvalue weighted by molar-refractivity contribution is 4.95. The Kier molecular flexibility index (Phi) is 4.04. The number of ether oxygens (including phenoxy) is 1. The zero-order chi connectivity index (χ0) is 11.4. The highest BCUT2D eigenvalue weighted by Gasteiger charge is 2.38. The molecule has 2 nitrogen and oxygen atoms in total. The van der Waals surface area contributed by atoms with Crippen LogP contribution < -0.4 is 5.73 Å². The molecule has 2 unspecified atom stereocenters. The van der Waals surface area contributed by atoms with Gasteiger partial charge in [-0.3, -0.25) is 0 Å². The molecule has 2 N–H and O–H groups in total. The van der Waals surface area contributed by atoms with Crippen LogP contribution in [0.25, 0.3) is 0 Å². The fourth-order valence-corrected chi connectivity index (χ4v) is 2.82. The van der Waals surface area contributed by atoms with E-state index in [0.717, 1.165) is 31.4 Å². The highest BCUT2D eigenvalue weighted by Crippen LogP contribution is 2.39. The molecule has 1 fully saturated rings. The number of nitrogens with two attached hydrogens (primary N) is 1. The molecule has 92 valence electrons. The maximum atomic E-state index is 6.20.